The molecule has 1 aromatic rings. The lowest BCUT2D eigenvalue weighted by molar-refractivity contribution is 1.09. The van der Waals surface area contributed by atoms with Crippen molar-refractivity contribution < 1.29 is 0 Å². The van der Waals surface area contributed by atoms with E-state index in [1.54, 1.807) is 0 Å². The molecule has 0 atom stereocenters. The van der Waals surface area contributed by atoms with Crippen LogP contribution in [-0.2, 0) is 6.42 Å². The molecule has 2 heteroatoms. The number of thiol groups is 1. The van der Waals surface area contributed by atoms with Crippen molar-refractivity contribution in [1.29, 1.82) is 0 Å². The highest BCUT2D eigenvalue weighted by Crippen LogP contribution is 2.20. The predicted molar refractivity (Wildman–Crippen MR) is 47.5 cm³/mol. The molecule has 0 saturated heterocycles. The first-order valence-corrected chi connectivity index (χ1v) is 3.76. The summed E-state index contributed by atoms with van der Waals surface area (Å²) >= 11 is 4.27. The van der Waals surface area contributed by atoms with Crippen LogP contribution in [0.2, 0.25) is 0 Å². The number of hydrogen-bond acceptors (Lipinski definition) is 2. The molecule has 0 unspecified atom stereocenters. The Morgan fingerprint density at radius 3 is 2.60 bits per heavy atom. The van der Waals surface area contributed by atoms with Crippen LogP contribution in [0.1, 0.15) is 12.5 Å². The van der Waals surface area contributed by atoms with E-state index >= 15 is 0 Å². The van der Waals surface area contributed by atoms with Gasteiger partial charge in [-0.3, -0.25) is 0 Å². The topological polar surface area (TPSA) is 26.0 Å². The second-order valence-corrected chi connectivity index (χ2v) is 2.68. The molecule has 0 aliphatic carbocycles. The number of hydrogen-bond donors (Lipinski definition) is 2. The first-order chi connectivity index (χ1) is 4.75. The zero-order valence-electron chi connectivity index (χ0n) is 5.96. The van der Waals surface area contributed by atoms with E-state index in [0.29, 0.717) is 0 Å². The second-order valence-electron chi connectivity index (χ2n) is 2.20. The van der Waals surface area contributed by atoms with Crippen LogP contribution >= 0.6 is 12.6 Å². The summed E-state index contributed by atoms with van der Waals surface area (Å²) in [6.45, 7) is 2.07. The van der Waals surface area contributed by atoms with Crippen molar-refractivity contribution in [2.45, 2.75) is 18.2 Å². The second kappa shape index (κ2) is 2.97. The van der Waals surface area contributed by atoms with Gasteiger partial charge in [-0.05, 0) is 24.1 Å². The number of nitrogen functional groups attached to an aromatic ring is 1. The lowest BCUT2D eigenvalue weighted by atomic mass is 10.1. The Labute approximate surface area is 66.7 Å². The van der Waals surface area contributed by atoms with E-state index in [0.717, 1.165) is 22.6 Å². The quantitative estimate of drug-likeness (QED) is 0.469. The number of anilines is 1. The van der Waals surface area contributed by atoms with Gasteiger partial charge in [-0.15, -0.1) is 12.6 Å². The van der Waals surface area contributed by atoms with Gasteiger partial charge in [-0.25, -0.2) is 0 Å². The van der Waals surface area contributed by atoms with Gasteiger partial charge in [0.25, 0.3) is 0 Å². The van der Waals surface area contributed by atoms with Crippen molar-refractivity contribution in [2.75, 3.05) is 5.73 Å². The van der Waals surface area contributed by atoms with Gasteiger partial charge < -0.3 is 5.73 Å². The fourth-order valence-electron chi connectivity index (χ4n) is 0.977. The first-order valence-electron chi connectivity index (χ1n) is 3.32. The summed E-state index contributed by atoms with van der Waals surface area (Å²) in [5, 5.41) is 0. The minimum absolute atomic E-state index is 0.843. The van der Waals surface area contributed by atoms with Gasteiger partial charge in [0.1, 0.15) is 0 Å². The molecule has 0 radical (unpaired) electrons. The summed E-state index contributed by atoms with van der Waals surface area (Å²) in [5.41, 5.74) is 7.67. The average Bonchev–Trinajstić information content (AvgIpc) is 1.88. The largest absolute Gasteiger partial charge is 0.398 e. The van der Waals surface area contributed by atoms with Crippen LogP contribution < -0.4 is 5.73 Å². The molecule has 0 aliphatic heterocycles. The van der Waals surface area contributed by atoms with Crippen molar-refractivity contribution >= 4 is 18.3 Å². The molecule has 1 nitrogen and oxygen atoms in total. The van der Waals surface area contributed by atoms with Gasteiger partial charge >= 0.3 is 0 Å². The van der Waals surface area contributed by atoms with E-state index in [9.17, 15) is 0 Å². The maximum Gasteiger partial charge on any atom is 0.0357 e. The van der Waals surface area contributed by atoms with E-state index in [-0.39, 0.29) is 0 Å². The van der Waals surface area contributed by atoms with Gasteiger partial charge in [0.2, 0.25) is 0 Å². The molecule has 10 heavy (non-hydrogen) atoms. The Morgan fingerprint density at radius 2 is 2.20 bits per heavy atom. The number of benzene rings is 1. The summed E-state index contributed by atoms with van der Waals surface area (Å²) in [5.74, 6) is 0. The minimum Gasteiger partial charge on any atom is -0.398 e. The van der Waals surface area contributed by atoms with E-state index in [2.05, 4.69) is 19.6 Å². The van der Waals surface area contributed by atoms with Crippen molar-refractivity contribution in [3.8, 4) is 0 Å². The molecule has 0 spiro atoms. The van der Waals surface area contributed by atoms with Crippen LogP contribution in [-0.4, -0.2) is 0 Å². The lowest BCUT2D eigenvalue weighted by Gasteiger charge is -2.03. The Bertz CT molecular complexity index is 212. The maximum absolute atomic E-state index is 5.68. The third-order valence-electron chi connectivity index (χ3n) is 1.54. The standard InChI is InChI=1S/C8H11NS/c1-2-6-7(9)4-3-5-8(6)10/h3-5,10H,2,9H2,1H3. The van der Waals surface area contributed by atoms with Crippen LogP contribution in [0, 0.1) is 0 Å². The van der Waals surface area contributed by atoms with Crippen LogP contribution in [0.5, 0.6) is 0 Å². The van der Waals surface area contributed by atoms with Gasteiger partial charge in [0.05, 0.1) is 0 Å². The summed E-state index contributed by atoms with van der Waals surface area (Å²) in [6, 6.07) is 5.77. The Kier molecular flexibility index (Phi) is 2.22. The monoisotopic (exact) mass is 153 g/mol. The number of rotatable bonds is 1. The van der Waals surface area contributed by atoms with Crippen molar-refractivity contribution in [1.82, 2.24) is 0 Å². The predicted octanol–water partition coefficient (Wildman–Crippen LogP) is 2.12. The summed E-state index contributed by atoms with van der Waals surface area (Å²) in [7, 11) is 0. The summed E-state index contributed by atoms with van der Waals surface area (Å²) in [4.78, 5) is 0.988. The van der Waals surface area contributed by atoms with E-state index in [4.69, 9.17) is 5.73 Å². The molecule has 0 bridgehead atoms. The van der Waals surface area contributed by atoms with Crippen molar-refractivity contribution in [2.24, 2.45) is 0 Å². The molecule has 54 valence electrons. The molecule has 0 aliphatic rings. The van der Waals surface area contributed by atoms with Crippen LogP contribution in [0.25, 0.3) is 0 Å². The molecule has 2 N–H and O–H groups in total. The molecule has 0 fully saturated rings. The maximum atomic E-state index is 5.68. The minimum atomic E-state index is 0.843. The fourth-order valence-corrected chi connectivity index (χ4v) is 1.35. The van der Waals surface area contributed by atoms with E-state index in [1.165, 1.54) is 0 Å². The Balaban J connectivity index is 3.17. The van der Waals surface area contributed by atoms with Crippen LogP contribution in [0.4, 0.5) is 5.69 Å². The van der Waals surface area contributed by atoms with E-state index < -0.39 is 0 Å². The third kappa shape index (κ3) is 1.27. The van der Waals surface area contributed by atoms with Crippen LogP contribution in [0.15, 0.2) is 23.1 Å². The van der Waals surface area contributed by atoms with Gasteiger partial charge in [-0.2, -0.15) is 0 Å². The smallest absolute Gasteiger partial charge is 0.0357 e. The molecule has 1 aromatic carbocycles. The van der Waals surface area contributed by atoms with Crippen molar-refractivity contribution in [3.05, 3.63) is 23.8 Å². The molecular formula is C8H11NS. The zero-order chi connectivity index (χ0) is 7.56. The fraction of sp³-hybridized carbons (Fsp3) is 0.250. The van der Waals surface area contributed by atoms with Gasteiger partial charge in [0.15, 0.2) is 0 Å². The average molecular weight is 153 g/mol. The molecule has 0 saturated carbocycles. The Hall–Kier alpha value is -0.630. The van der Waals surface area contributed by atoms with Gasteiger partial charge in [0, 0.05) is 10.6 Å². The highest BCUT2D eigenvalue weighted by atomic mass is 32.1. The highest BCUT2D eigenvalue weighted by molar-refractivity contribution is 7.80. The normalized spacial score (nSPS) is 9.80. The summed E-state index contributed by atoms with van der Waals surface area (Å²) < 4.78 is 0. The highest BCUT2D eigenvalue weighted by Gasteiger charge is 1.98. The van der Waals surface area contributed by atoms with E-state index in [1.807, 2.05) is 18.2 Å². The number of nitrogens with two attached hydrogens (primary N) is 1. The van der Waals surface area contributed by atoms with Crippen molar-refractivity contribution in [3.63, 3.8) is 0 Å². The molecular weight excluding hydrogens is 142 g/mol. The molecule has 1 rings (SSSR count). The van der Waals surface area contributed by atoms with Crippen LogP contribution in [0.3, 0.4) is 0 Å². The summed E-state index contributed by atoms with van der Waals surface area (Å²) in [6.07, 6.45) is 0.950. The molecule has 0 heterocycles. The molecule has 0 aromatic heterocycles. The van der Waals surface area contributed by atoms with Gasteiger partial charge in [-0.1, -0.05) is 13.0 Å². The lowest BCUT2D eigenvalue weighted by Crippen LogP contribution is -1.92. The first kappa shape index (κ1) is 7.48. The zero-order valence-corrected chi connectivity index (χ0v) is 6.86. The Morgan fingerprint density at radius 1 is 1.50 bits per heavy atom. The molecule has 0 amide bonds. The SMILES string of the molecule is CCc1c(N)cccc1S. The third-order valence-corrected chi connectivity index (χ3v) is 1.96.